The summed E-state index contributed by atoms with van der Waals surface area (Å²) >= 11 is 0. The fraction of sp³-hybridized carbons (Fsp3) is 0.385. The Morgan fingerprint density at radius 1 is 1.36 bits per heavy atom. The first-order chi connectivity index (χ1) is 6.68. The lowest BCUT2D eigenvalue weighted by molar-refractivity contribution is 0.766. The van der Waals surface area contributed by atoms with Crippen molar-refractivity contribution in [2.45, 2.75) is 32.7 Å². The van der Waals surface area contributed by atoms with Crippen LogP contribution in [0.1, 0.15) is 31.4 Å². The van der Waals surface area contributed by atoms with Crippen LogP contribution >= 0.6 is 0 Å². The largest absolute Gasteiger partial charge is 0.328 e. The Hall–Kier alpha value is -1.08. The van der Waals surface area contributed by atoms with Gasteiger partial charge in [-0.15, -0.1) is 0 Å². The fourth-order valence-electron chi connectivity index (χ4n) is 2.20. The lowest BCUT2D eigenvalue weighted by Crippen LogP contribution is -2.14. The smallest absolute Gasteiger partial charge is 0.00511 e. The van der Waals surface area contributed by atoms with Crippen molar-refractivity contribution in [3.05, 3.63) is 41.0 Å². The number of hydrogen-bond acceptors (Lipinski definition) is 1. The molecule has 1 unspecified atom stereocenters. The molecule has 0 fully saturated rings. The van der Waals surface area contributed by atoms with E-state index in [0.717, 1.165) is 12.8 Å². The third-order valence-corrected chi connectivity index (χ3v) is 2.84. The zero-order chi connectivity index (χ0) is 10.1. The third-order valence-electron chi connectivity index (χ3n) is 2.84. The Labute approximate surface area is 85.6 Å². The van der Waals surface area contributed by atoms with Crippen molar-refractivity contribution in [2.24, 2.45) is 5.73 Å². The minimum atomic E-state index is 0.256. The van der Waals surface area contributed by atoms with Gasteiger partial charge in [-0.2, -0.15) is 0 Å². The molecule has 14 heavy (non-hydrogen) atoms. The normalized spacial score (nSPS) is 17.1. The Balaban J connectivity index is 2.36. The van der Waals surface area contributed by atoms with Gasteiger partial charge in [0.1, 0.15) is 0 Å². The molecule has 0 spiro atoms. The van der Waals surface area contributed by atoms with Crippen molar-refractivity contribution in [2.75, 3.05) is 0 Å². The second-order valence-corrected chi connectivity index (χ2v) is 4.27. The highest BCUT2D eigenvalue weighted by atomic mass is 14.6. The van der Waals surface area contributed by atoms with Crippen LogP contribution in [-0.2, 0) is 6.42 Å². The lowest BCUT2D eigenvalue weighted by Gasteiger charge is -2.09. The van der Waals surface area contributed by atoms with Crippen molar-refractivity contribution < 1.29 is 0 Å². The zero-order valence-corrected chi connectivity index (χ0v) is 8.88. The lowest BCUT2D eigenvalue weighted by atomic mass is 10.00. The van der Waals surface area contributed by atoms with Crippen LogP contribution in [0.2, 0.25) is 0 Å². The van der Waals surface area contributed by atoms with E-state index >= 15 is 0 Å². The second-order valence-electron chi connectivity index (χ2n) is 4.27. The average Bonchev–Trinajstić information content (AvgIpc) is 2.43. The van der Waals surface area contributed by atoms with Crippen molar-refractivity contribution in [3.8, 4) is 0 Å². The molecular weight excluding hydrogens is 170 g/mol. The molecule has 1 nitrogen and oxygen atoms in total. The van der Waals surface area contributed by atoms with Crippen LogP contribution < -0.4 is 5.73 Å². The van der Waals surface area contributed by atoms with Gasteiger partial charge in [-0.05, 0) is 43.4 Å². The maximum Gasteiger partial charge on any atom is 0.00511 e. The molecular formula is C13H17N. The quantitative estimate of drug-likeness (QED) is 0.757. The summed E-state index contributed by atoms with van der Waals surface area (Å²) in [6.45, 7) is 4.29. The number of hydrogen-bond donors (Lipinski definition) is 1. The molecule has 74 valence electrons. The van der Waals surface area contributed by atoms with E-state index in [2.05, 4.69) is 38.1 Å². The molecule has 1 aromatic carbocycles. The van der Waals surface area contributed by atoms with E-state index in [-0.39, 0.29) is 6.04 Å². The number of nitrogens with two attached hydrogens (primary N) is 1. The topological polar surface area (TPSA) is 26.0 Å². The van der Waals surface area contributed by atoms with E-state index in [0.29, 0.717) is 0 Å². The molecule has 0 radical (unpaired) electrons. The number of fused-ring (bicyclic) bond motifs is 1. The number of rotatable bonds is 2. The van der Waals surface area contributed by atoms with Crippen molar-refractivity contribution in [3.63, 3.8) is 0 Å². The summed E-state index contributed by atoms with van der Waals surface area (Å²) in [5.41, 5.74) is 11.7. The van der Waals surface area contributed by atoms with E-state index in [4.69, 9.17) is 5.73 Å². The predicted octanol–water partition coefficient (Wildman–Crippen LogP) is 2.75. The van der Waals surface area contributed by atoms with Crippen LogP contribution in [0, 0.1) is 0 Å². The maximum absolute atomic E-state index is 5.86. The summed E-state index contributed by atoms with van der Waals surface area (Å²) in [4.78, 5) is 0. The molecule has 1 aromatic rings. The maximum atomic E-state index is 5.86. The van der Waals surface area contributed by atoms with E-state index in [1.54, 1.807) is 0 Å². The summed E-state index contributed by atoms with van der Waals surface area (Å²) in [6, 6.07) is 8.90. The summed E-state index contributed by atoms with van der Waals surface area (Å²) in [5.74, 6) is 0. The Bertz CT molecular complexity index is 375. The van der Waals surface area contributed by atoms with Gasteiger partial charge in [-0.3, -0.25) is 0 Å². The van der Waals surface area contributed by atoms with E-state index in [1.807, 2.05) is 0 Å². The first-order valence-electron chi connectivity index (χ1n) is 5.21. The van der Waals surface area contributed by atoms with Gasteiger partial charge < -0.3 is 5.73 Å². The SMILES string of the molecule is CC1=C(CC(C)N)c2ccccc2C1. The molecule has 2 rings (SSSR count). The number of allylic oxidation sites excluding steroid dienone is 1. The molecule has 0 saturated heterocycles. The number of benzene rings is 1. The van der Waals surface area contributed by atoms with Crippen molar-refractivity contribution in [1.82, 2.24) is 0 Å². The van der Waals surface area contributed by atoms with Crippen LogP contribution in [-0.4, -0.2) is 6.04 Å². The van der Waals surface area contributed by atoms with Gasteiger partial charge in [0.15, 0.2) is 0 Å². The molecule has 2 N–H and O–H groups in total. The molecule has 0 saturated carbocycles. The van der Waals surface area contributed by atoms with E-state index < -0.39 is 0 Å². The van der Waals surface area contributed by atoms with Gasteiger partial charge in [-0.25, -0.2) is 0 Å². The molecule has 1 heteroatoms. The van der Waals surface area contributed by atoms with Crippen molar-refractivity contribution >= 4 is 5.57 Å². The van der Waals surface area contributed by atoms with Crippen LogP contribution in [0.3, 0.4) is 0 Å². The third kappa shape index (κ3) is 1.60. The molecule has 1 aliphatic rings. The zero-order valence-electron chi connectivity index (χ0n) is 8.88. The molecule has 0 aromatic heterocycles. The minimum absolute atomic E-state index is 0.256. The molecule has 0 heterocycles. The fourth-order valence-corrected chi connectivity index (χ4v) is 2.20. The van der Waals surface area contributed by atoms with E-state index in [1.165, 1.54) is 22.3 Å². The Kier molecular flexibility index (Phi) is 2.42. The van der Waals surface area contributed by atoms with Crippen LogP contribution in [0.5, 0.6) is 0 Å². The summed E-state index contributed by atoms with van der Waals surface area (Å²) < 4.78 is 0. The average molecular weight is 187 g/mol. The second kappa shape index (κ2) is 3.58. The van der Waals surface area contributed by atoms with Gasteiger partial charge >= 0.3 is 0 Å². The van der Waals surface area contributed by atoms with Gasteiger partial charge in [0.2, 0.25) is 0 Å². The molecule has 1 aliphatic carbocycles. The molecule has 1 atom stereocenters. The van der Waals surface area contributed by atoms with Gasteiger partial charge in [0.05, 0.1) is 0 Å². The monoisotopic (exact) mass is 187 g/mol. The first-order valence-corrected chi connectivity index (χ1v) is 5.21. The van der Waals surface area contributed by atoms with Crippen LogP contribution in [0.4, 0.5) is 0 Å². The van der Waals surface area contributed by atoms with E-state index in [9.17, 15) is 0 Å². The predicted molar refractivity (Wildman–Crippen MR) is 61.0 cm³/mol. The minimum Gasteiger partial charge on any atom is -0.328 e. The highest BCUT2D eigenvalue weighted by Gasteiger charge is 2.18. The summed E-state index contributed by atoms with van der Waals surface area (Å²) in [5, 5.41) is 0. The van der Waals surface area contributed by atoms with Crippen LogP contribution in [0.25, 0.3) is 5.57 Å². The van der Waals surface area contributed by atoms with Gasteiger partial charge in [-0.1, -0.05) is 29.8 Å². The summed E-state index contributed by atoms with van der Waals surface area (Å²) in [6.07, 6.45) is 2.11. The summed E-state index contributed by atoms with van der Waals surface area (Å²) in [7, 11) is 0. The Morgan fingerprint density at radius 3 is 2.79 bits per heavy atom. The van der Waals surface area contributed by atoms with Gasteiger partial charge in [0, 0.05) is 6.04 Å². The highest BCUT2D eigenvalue weighted by Crippen LogP contribution is 2.34. The Morgan fingerprint density at radius 2 is 2.07 bits per heavy atom. The molecule has 0 amide bonds. The van der Waals surface area contributed by atoms with Crippen molar-refractivity contribution in [1.29, 1.82) is 0 Å². The molecule has 0 bridgehead atoms. The highest BCUT2D eigenvalue weighted by molar-refractivity contribution is 5.76. The van der Waals surface area contributed by atoms with Crippen LogP contribution in [0.15, 0.2) is 29.8 Å². The first kappa shape index (κ1) is 9.47. The molecule has 0 aliphatic heterocycles. The standard InChI is InChI=1S/C13H17N/c1-9-7-11-5-3-4-6-12(11)13(9)8-10(2)14/h3-6,10H,7-8,14H2,1-2H3. The van der Waals surface area contributed by atoms with Gasteiger partial charge in [0.25, 0.3) is 0 Å².